The van der Waals surface area contributed by atoms with Gasteiger partial charge >= 0.3 is 0 Å². The zero-order valence-corrected chi connectivity index (χ0v) is 12.9. The van der Waals surface area contributed by atoms with Crippen molar-refractivity contribution in [2.24, 2.45) is 0 Å². The molecule has 5 nitrogen and oxygen atoms in total. The number of aromatic nitrogens is 2. The summed E-state index contributed by atoms with van der Waals surface area (Å²) in [5, 5.41) is 3.30. The third-order valence-corrected chi connectivity index (χ3v) is 3.83. The first kappa shape index (κ1) is 15.0. The van der Waals surface area contributed by atoms with Gasteiger partial charge in [0.1, 0.15) is 17.5 Å². The predicted molar refractivity (Wildman–Crippen MR) is 82.4 cm³/mol. The number of anilines is 2. The number of methoxy groups -OCH3 is 1. The van der Waals surface area contributed by atoms with E-state index >= 15 is 0 Å². The van der Waals surface area contributed by atoms with Crippen LogP contribution >= 0.6 is 0 Å². The number of piperidine rings is 1. The predicted octanol–water partition coefficient (Wildman–Crippen LogP) is 2.61. The Hall–Kier alpha value is -1.36. The zero-order valence-electron chi connectivity index (χ0n) is 12.9. The molecule has 112 valence electrons. The molecule has 2 heterocycles. The molecule has 0 spiro atoms. The molecule has 1 unspecified atom stereocenters. The van der Waals surface area contributed by atoms with Gasteiger partial charge in [0.15, 0.2) is 0 Å². The molecule has 1 aromatic heterocycles. The van der Waals surface area contributed by atoms with Gasteiger partial charge < -0.3 is 15.0 Å². The maximum Gasteiger partial charge on any atom is 0.134 e. The van der Waals surface area contributed by atoms with Crippen LogP contribution in [0.4, 0.5) is 11.6 Å². The van der Waals surface area contributed by atoms with Crippen LogP contribution in [-0.4, -0.2) is 42.8 Å². The molecular weight excluding hydrogens is 252 g/mol. The van der Waals surface area contributed by atoms with Crippen molar-refractivity contribution in [3.63, 3.8) is 0 Å². The van der Waals surface area contributed by atoms with Gasteiger partial charge in [-0.1, -0.05) is 6.92 Å². The highest BCUT2D eigenvalue weighted by molar-refractivity contribution is 5.50. The lowest BCUT2D eigenvalue weighted by molar-refractivity contribution is 0.210. The Morgan fingerprint density at radius 3 is 3.00 bits per heavy atom. The minimum atomic E-state index is 0.616. The Kier molecular flexibility index (Phi) is 5.59. The van der Waals surface area contributed by atoms with Crippen LogP contribution in [-0.2, 0) is 4.74 Å². The summed E-state index contributed by atoms with van der Waals surface area (Å²) < 4.78 is 5.06. The lowest BCUT2D eigenvalue weighted by Crippen LogP contribution is -2.39. The second kappa shape index (κ2) is 7.43. The van der Waals surface area contributed by atoms with Crippen molar-refractivity contribution in [2.45, 2.75) is 45.6 Å². The number of nitrogens with one attached hydrogen (secondary N) is 1. The highest BCUT2D eigenvalue weighted by Crippen LogP contribution is 2.26. The summed E-state index contributed by atoms with van der Waals surface area (Å²) >= 11 is 0. The van der Waals surface area contributed by atoms with Crippen LogP contribution in [0.5, 0.6) is 0 Å². The fourth-order valence-corrected chi connectivity index (χ4v) is 2.80. The third kappa shape index (κ3) is 3.82. The highest BCUT2D eigenvalue weighted by atomic mass is 16.5. The van der Waals surface area contributed by atoms with E-state index in [0.717, 1.165) is 30.5 Å². The number of ether oxygens (including phenoxy) is 1. The van der Waals surface area contributed by atoms with E-state index in [0.29, 0.717) is 12.6 Å². The van der Waals surface area contributed by atoms with Crippen molar-refractivity contribution in [1.82, 2.24) is 9.97 Å². The van der Waals surface area contributed by atoms with Crippen molar-refractivity contribution in [3.8, 4) is 0 Å². The number of rotatable bonds is 6. The van der Waals surface area contributed by atoms with Gasteiger partial charge in [-0.2, -0.15) is 0 Å². The molecule has 1 fully saturated rings. The summed E-state index contributed by atoms with van der Waals surface area (Å²) in [7, 11) is 1.71. The van der Waals surface area contributed by atoms with Crippen molar-refractivity contribution in [3.05, 3.63) is 11.9 Å². The quantitative estimate of drug-likeness (QED) is 0.811. The number of nitrogens with zero attached hydrogens (tertiary/aromatic N) is 3. The van der Waals surface area contributed by atoms with Crippen LogP contribution in [0.15, 0.2) is 6.07 Å². The maximum absolute atomic E-state index is 5.06. The standard InChI is InChI=1S/C15H26N4O/c1-4-13-7-5-6-9-19(13)15-11-14(16-8-10-20-3)17-12(2)18-15/h11,13H,4-10H2,1-3H3,(H,16,17,18). The number of hydrogen-bond acceptors (Lipinski definition) is 5. The van der Waals surface area contributed by atoms with E-state index in [1.54, 1.807) is 7.11 Å². The first-order valence-electron chi connectivity index (χ1n) is 7.59. The molecule has 20 heavy (non-hydrogen) atoms. The lowest BCUT2D eigenvalue weighted by atomic mass is 10.00. The SMILES string of the molecule is CCC1CCCCN1c1cc(NCCOC)nc(C)n1. The minimum Gasteiger partial charge on any atom is -0.383 e. The summed E-state index contributed by atoms with van der Waals surface area (Å²) in [5.41, 5.74) is 0. The van der Waals surface area contributed by atoms with Crippen molar-refractivity contribution in [1.29, 1.82) is 0 Å². The lowest BCUT2D eigenvalue weighted by Gasteiger charge is -2.36. The molecule has 0 saturated carbocycles. The second-order valence-electron chi connectivity index (χ2n) is 5.33. The van der Waals surface area contributed by atoms with Crippen molar-refractivity contribution < 1.29 is 4.74 Å². The van der Waals surface area contributed by atoms with E-state index in [1.807, 2.05) is 6.92 Å². The zero-order chi connectivity index (χ0) is 14.4. The van der Waals surface area contributed by atoms with Crippen molar-refractivity contribution in [2.75, 3.05) is 37.0 Å². The number of aryl methyl sites for hydroxylation is 1. The average Bonchev–Trinajstić information content (AvgIpc) is 2.47. The van der Waals surface area contributed by atoms with Crippen LogP contribution in [0.25, 0.3) is 0 Å². The van der Waals surface area contributed by atoms with E-state index in [1.165, 1.54) is 25.7 Å². The molecule has 1 aliphatic heterocycles. The van der Waals surface area contributed by atoms with Crippen molar-refractivity contribution >= 4 is 11.6 Å². The molecule has 1 aromatic rings. The minimum absolute atomic E-state index is 0.616. The first-order valence-corrected chi connectivity index (χ1v) is 7.59. The van der Waals surface area contributed by atoms with Gasteiger partial charge in [-0.25, -0.2) is 9.97 Å². The average molecular weight is 278 g/mol. The van der Waals surface area contributed by atoms with Crippen LogP contribution in [0.3, 0.4) is 0 Å². The summed E-state index contributed by atoms with van der Waals surface area (Å²) in [5.74, 6) is 2.77. The Morgan fingerprint density at radius 1 is 1.40 bits per heavy atom. The normalized spacial score (nSPS) is 19.1. The van der Waals surface area contributed by atoms with Crippen LogP contribution < -0.4 is 10.2 Å². The maximum atomic E-state index is 5.06. The molecule has 0 radical (unpaired) electrons. The van der Waals surface area contributed by atoms with Gasteiger partial charge in [-0.3, -0.25) is 0 Å². The van der Waals surface area contributed by atoms with E-state index in [9.17, 15) is 0 Å². The van der Waals surface area contributed by atoms with Gasteiger partial charge in [0.25, 0.3) is 0 Å². The summed E-state index contributed by atoms with van der Waals surface area (Å²) in [6, 6.07) is 2.68. The summed E-state index contributed by atoms with van der Waals surface area (Å²) in [4.78, 5) is 11.5. The fraction of sp³-hybridized carbons (Fsp3) is 0.733. The van der Waals surface area contributed by atoms with Gasteiger partial charge in [0, 0.05) is 32.3 Å². The van der Waals surface area contributed by atoms with Crippen LogP contribution in [0, 0.1) is 6.92 Å². The van der Waals surface area contributed by atoms with Crippen LogP contribution in [0.2, 0.25) is 0 Å². The molecule has 0 aliphatic carbocycles. The Balaban J connectivity index is 2.13. The Bertz CT molecular complexity index is 424. The molecule has 0 amide bonds. The van der Waals surface area contributed by atoms with Gasteiger partial charge in [-0.15, -0.1) is 0 Å². The second-order valence-corrected chi connectivity index (χ2v) is 5.33. The smallest absolute Gasteiger partial charge is 0.134 e. The fourth-order valence-electron chi connectivity index (χ4n) is 2.80. The van der Waals surface area contributed by atoms with E-state index in [4.69, 9.17) is 4.74 Å². The molecule has 5 heteroatoms. The molecule has 1 saturated heterocycles. The largest absolute Gasteiger partial charge is 0.383 e. The van der Waals surface area contributed by atoms with E-state index in [-0.39, 0.29) is 0 Å². The van der Waals surface area contributed by atoms with E-state index in [2.05, 4.69) is 33.2 Å². The first-order chi connectivity index (χ1) is 9.74. The topological polar surface area (TPSA) is 50.3 Å². The molecule has 1 aliphatic rings. The Labute approximate surface area is 121 Å². The molecule has 0 bridgehead atoms. The van der Waals surface area contributed by atoms with Gasteiger partial charge in [0.2, 0.25) is 0 Å². The molecule has 2 rings (SSSR count). The molecule has 1 atom stereocenters. The molecule has 0 aromatic carbocycles. The van der Waals surface area contributed by atoms with E-state index < -0.39 is 0 Å². The van der Waals surface area contributed by atoms with Gasteiger partial charge in [-0.05, 0) is 32.6 Å². The Morgan fingerprint density at radius 2 is 2.25 bits per heavy atom. The summed E-state index contributed by atoms with van der Waals surface area (Å²) in [6.07, 6.45) is 5.03. The molecule has 1 N–H and O–H groups in total. The van der Waals surface area contributed by atoms with Crippen LogP contribution in [0.1, 0.15) is 38.4 Å². The summed E-state index contributed by atoms with van der Waals surface area (Å²) in [6.45, 7) is 6.76. The molecular formula is C15H26N4O. The third-order valence-electron chi connectivity index (χ3n) is 3.83. The highest BCUT2D eigenvalue weighted by Gasteiger charge is 2.22. The van der Waals surface area contributed by atoms with Gasteiger partial charge in [0.05, 0.1) is 6.61 Å². The monoisotopic (exact) mass is 278 g/mol. The number of hydrogen-bond donors (Lipinski definition) is 1.